The van der Waals surface area contributed by atoms with Crippen molar-refractivity contribution in [2.45, 2.75) is 11.4 Å². The van der Waals surface area contributed by atoms with E-state index in [2.05, 4.69) is 41.8 Å². The van der Waals surface area contributed by atoms with Crippen LogP contribution >= 0.6 is 31.9 Å². The number of benzene rings is 1. The number of halogens is 2. The minimum atomic E-state index is -3.57. The van der Waals surface area contributed by atoms with Gasteiger partial charge in [-0.2, -0.15) is 4.31 Å². The van der Waals surface area contributed by atoms with E-state index >= 15 is 0 Å². The van der Waals surface area contributed by atoms with Crippen molar-refractivity contribution in [1.29, 1.82) is 0 Å². The van der Waals surface area contributed by atoms with Gasteiger partial charge in [-0.15, -0.1) is 0 Å². The van der Waals surface area contributed by atoms with Crippen molar-refractivity contribution in [2.24, 2.45) is 0 Å². The molecule has 0 fully saturated rings. The summed E-state index contributed by atoms with van der Waals surface area (Å²) in [6, 6.07) is 5.03. The molecule has 0 unspecified atom stereocenters. The van der Waals surface area contributed by atoms with Gasteiger partial charge in [-0.05, 0) is 34.1 Å². The molecule has 0 aliphatic heterocycles. The number of aromatic amines is 1. The third kappa shape index (κ3) is 3.25. The summed E-state index contributed by atoms with van der Waals surface area (Å²) in [4.78, 5) is 7.12. The molecule has 5 nitrogen and oxygen atoms in total. The molecule has 0 spiro atoms. The molecule has 1 aromatic carbocycles. The van der Waals surface area contributed by atoms with Crippen LogP contribution in [0.15, 0.2) is 44.4 Å². The molecule has 0 bridgehead atoms. The molecule has 0 aliphatic carbocycles. The summed E-state index contributed by atoms with van der Waals surface area (Å²) in [5, 5.41) is 0. The molecule has 1 heterocycles. The first-order valence-electron chi connectivity index (χ1n) is 5.31. The summed E-state index contributed by atoms with van der Waals surface area (Å²) in [6.45, 7) is 0.189. The first kappa shape index (κ1) is 14.7. The Hall–Kier alpha value is -0.700. The minimum Gasteiger partial charge on any atom is -0.347 e. The highest BCUT2D eigenvalue weighted by molar-refractivity contribution is 9.11. The van der Waals surface area contributed by atoms with Gasteiger partial charge in [-0.25, -0.2) is 13.4 Å². The second-order valence-corrected chi connectivity index (χ2v) is 7.66. The van der Waals surface area contributed by atoms with Crippen LogP contribution in [0.4, 0.5) is 0 Å². The molecule has 2 aromatic rings. The summed E-state index contributed by atoms with van der Waals surface area (Å²) < 4.78 is 27.4. The normalized spacial score (nSPS) is 12.0. The van der Waals surface area contributed by atoms with Crippen LogP contribution in [0.25, 0.3) is 0 Å². The standard InChI is InChI=1S/C11H11Br2N3O2S/c1-16(7-11-14-4-5-15-11)19(17,18)10-6-8(12)2-3-9(10)13/h2-6H,7H2,1H3,(H,14,15). The molecule has 0 saturated carbocycles. The fraction of sp³-hybridized carbons (Fsp3) is 0.182. The predicted molar refractivity (Wildman–Crippen MR) is 79.1 cm³/mol. The van der Waals surface area contributed by atoms with Gasteiger partial charge < -0.3 is 4.98 Å². The number of sulfonamides is 1. The van der Waals surface area contributed by atoms with Gasteiger partial charge in [0.25, 0.3) is 0 Å². The lowest BCUT2D eigenvalue weighted by molar-refractivity contribution is 0.457. The zero-order valence-corrected chi connectivity index (χ0v) is 14.0. The van der Waals surface area contributed by atoms with E-state index in [0.29, 0.717) is 14.8 Å². The van der Waals surface area contributed by atoms with E-state index in [0.717, 1.165) is 0 Å². The molecule has 0 radical (unpaired) electrons. The highest BCUT2D eigenvalue weighted by Gasteiger charge is 2.24. The van der Waals surface area contributed by atoms with E-state index in [-0.39, 0.29) is 11.4 Å². The highest BCUT2D eigenvalue weighted by atomic mass is 79.9. The predicted octanol–water partition coefficient (Wildman–Crippen LogP) is 2.76. The second-order valence-electron chi connectivity index (χ2n) is 3.87. The summed E-state index contributed by atoms with van der Waals surface area (Å²) >= 11 is 6.54. The SMILES string of the molecule is CN(Cc1ncc[nH]1)S(=O)(=O)c1cc(Br)ccc1Br. The monoisotopic (exact) mass is 407 g/mol. The van der Waals surface area contributed by atoms with Gasteiger partial charge in [0.15, 0.2) is 0 Å². The van der Waals surface area contributed by atoms with Crippen LogP contribution in [0.1, 0.15) is 5.82 Å². The van der Waals surface area contributed by atoms with E-state index in [1.807, 2.05) is 0 Å². The van der Waals surface area contributed by atoms with E-state index in [1.54, 1.807) is 30.6 Å². The molecule has 0 saturated heterocycles. The van der Waals surface area contributed by atoms with Gasteiger partial charge in [-0.1, -0.05) is 15.9 Å². The largest absolute Gasteiger partial charge is 0.347 e. The maximum Gasteiger partial charge on any atom is 0.244 e. The van der Waals surface area contributed by atoms with Gasteiger partial charge in [0.2, 0.25) is 10.0 Å². The van der Waals surface area contributed by atoms with Crippen LogP contribution in [-0.4, -0.2) is 29.7 Å². The van der Waals surface area contributed by atoms with Gasteiger partial charge in [0, 0.05) is 28.4 Å². The summed E-state index contributed by atoms with van der Waals surface area (Å²) in [5.41, 5.74) is 0. The number of hydrogen-bond acceptors (Lipinski definition) is 3. The molecule has 102 valence electrons. The number of H-pyrrole nitrogens is 1. The quantitative estimate of drug-likeness (QED) is 0.845. The number of nitrogens with one attached hydrogen (secondary N) is 1. The fourth-order valence-corrected chi connectivity index (χ4v) is 4.11. The Bertz CT molecular complexity index is 671. The lowest BCUT2D eigenvalue weighted by Crippen LogP contribution is -2.27. The molecule has 19 heavy (non-hydrogen) atoms. The smallest absolute Gasteiger partial charge is 0.244 e. The van der Waals surface area contributed by atoms with Gasteiger partial charge in [0.1, 0.15) is 5.82 Å². The van der Waals surface area contributed by atoms with Crippen LogP contribution in [0.5, 0.6) is 0 Å². The highest BCUT2D eigenvalue weighted by Crippen LogP contribution is 2.28. The molecule has 0 aliphatic rings. The van der Waals surface area contributed by atoms with E-state index in [4.69, 9.17) is 0 Å². The first-order valence-corrected chi connectivity index (χ1v) is 8.33. The van der Waals surface area contributed by atoms with Crippen LogP contribution in [-0.2, 0) is 16.6 Å². The Morgan fingerprint density at radius 1 is 1.37 bits per heavy atom. The van der Waals surface area contributed by atoms with Gasteiger partial charge in [-0.3, -0.25) is 0 Å². The number of rotatable bonds is 4. The first-order chi connectivity index (χ1) is 8.91. The third-order valence-electron chi connectivity index (χ3n) is 2.51. The summed E-state index contributed by atoms with van der Waals surface area (Å²) in [5.74, 6) is 0.595. The van der Waals surface area contributed by atoms with Crippen molar-refractivity contribution in [3.8, 4) is 0 Å². The van der Waals surface area contributed by atoms with Crippen LogP contribution in [0, 0.1) is 0 Å². The van der Waals surface area contributed by atoms with E-state index in [1.165, 1.54) is 11.4 Å². The maximum absolute atomic E-state index is 12.5. The zero-order chi connectivity index (χ0) is 14.0. The number of aromatic nitrogens is 2. The van der Waals surface area contributed by atoms with Crippen molar-refractivity contribution < 1.29 is 8.42 Å². The Morgan fingerprint density at radius 3 is 2.74 bits per heavy atom. The molecule has 0 atom stereocenters. The molecule has 1 aromatic heterocycles. The van der Waals surface area contributed by atoms with Crippen LogP contribution in [0.3, 0.4) is 0 Å². The molecule has 2 rings (SSSR count). The minimum absolute atomic E-state index is 0.189. The summed E-state index contributed by atoms with van der Waals surface area (Å²) in [6.07, 6.45) is 3.25. The second kappa shape index (κ2) is 5.74. The molecular weight excluding hydrogens is 398 g/mol. The van der Waals surface area contributed by atoms with E-state index in [9.17, 15) is 8.42 Å². The molecule has 0 amide bonds. The number of imidazole rings is 1. The van der Waals surface area contributed by atoms with Crippen molar-refractivity contribution in [3.05, 3.63) is 45.4 Å². The molecule has 1 N–H and O–H groups in total. The topological polar surface area (TPSA) is 66.1 Å². The Balaban J connectivity index is 2.33. The van der Waals surface area contributed by atoms with Crippen molar-refractivity contribution in [1.82, 2.24) is 14.3 Å². The van der Waals surface area contributed by atoms with Crippen molar-refractivity contribution in [3.63, 3.8) is 0 Å². The average Bonchev–Trinajstić information content (AvgIpc) is 2.85. The third-order valence-corrected chi connectivity index (χ3v) is 5.80. The Labute approximate surface area is 128 Å². The Kier molecular flexibility index (Phi) is 4.44. The number of nitrogens with zero attached hydrogens (tertiary/aromatic N) is 2. The summed E-state index contributed by atoms with van der Waals surface area (Å²) in [7, 11) is -2.05. The lowest BCUT2D eigenvalue weighted by atomic mass is 10.4. The van der Waals surface area contributed by atoms with Crippen LogP contribution in [0.2, 0.25) is 0 Å². The van der Waals surface area contributed by atoms with Crippen LogP contribution < -0.4 is 0 Å². The average molecular weight is 409 g/mol. The molecule has 8 heteroatoms. The maximum atomic E-state index is 12.5. The van der Waals surface area contributed by atoms with Gasteiger partial charge in [0.05, 0.1) is 11.4 Å². The molecular formula is C11H11Br2N3O2S. The zero-order valence-electron chi connectivity index (χ0n) is 9.97. The van der Waals surface area contributed by atoms with Crippen molar-refractivity contribution >= 4 is 41.9 Å². The van der Waals surface area contributed by atoms with Crippen molar-refractivity contribution in [2.75, 3.05) is 7.05 Å². The van der Waals surface area contributed by atoms with Gasteiger partial charge >= 0.3 is 0 Å². The Morgan fingerprint density at radius 2 is 2.11 bits per heavy atom. The lowest BCUT2D eigenvalue weighted by Gasteiger charge is -2.17. The fourth-order valence-electron chi connectivity index (χ4n) is 1.52. The van der Waals surface area contributed by atoms with E-state index < -0.39 is 10.0 Å². The number of hydrogen-bond donors (Lipinski definition) is 1.